The normalized spacial score (nSPS) is 10.4. The summed E-state index contributed by atoms with van der Waals surface area (Å²) in [6.07, 6.45) is 4.58. The highest BCUT2D eigenvalue weighted by Crippen LogP contribution is 2.16. The molecule has 0 radical (unpaired) electrons. The smallest absolute Gasteiger partial charge is 0.213 e. The molecule has 0 amide bonds. The summed E-state index contributed by atoms with van der Waals surface area (Å²) in [5.74, 6) is 0.877. The number of ketones is 2. The molecule has 3 aromatic rings. The van der Waals surface area contributed by atoms with Crippen molar-refractivity contribution in [3.05, 3.63) is 76.3 Å². The van der Waals surface area contributed by atoms with E-state index in [0.29, 0.717) is 29.4 Å². The summed E-state index contributed by atoms with van der Waals surface area (Å²) in [4.78, 5) is 34.9. The first-order valence-electron chi connectivity index (χ1n) is 12.5. The van der Waals surface area contributed by atoms with Crippen LogP contribution < -0.4 is 15.2 Å². The lowest BCUT2D eigenvalue weighted by atomic mass is 9.91. The van der Waals surface area contributed by atoms with Crippen LogP contribution in [0.1, 0.15) is 58.2 Å². The minimum Gasteiger partial charge on any atom is -0.470 e. The van der Waals surface area contributed by atoms with Crippen LogP contribution >= 0.6 is 15.9 Å². The van der Waals surface area contributed by atoms with Gasteiger partial charge in [0.1, 0.15) is 30.0 Å². The third-order valence-electron chi connectivity index (χ3n) is 5.13. The number of aromatic nitrogens is 3. The second kappa shape index (κ2) is 16.8. The first-order chi connectivity index (χ1) is 19.2. The average Bonchev–Trinajstić information content (AvgIpc) is 2.95. The molecule has 0 unspecified atom stereocenters. The molecule has 3 aromatic heterocycles. The van der Waals surface area contributed by atoms with Crippen molar-refractivity contribution < 1.29 is 19.1 Å². The molecule has 0 aromatic carbocycles. The van der Waals surface area contributed by atoms with Gasteiger partial charge >= 0.3 is 0 Å². The predicted molar refractivity (Wildman–Crippen MR) is 158 cm³/mol. The van der Waals surface area contributed by atoms with E-state index in [-0.39, 0.29) is 30.2 Å². The number of Topliss-reactive ketones (excluding diaryl/α,β-unsaturated/α-hetero) is 2. The SMILES string of the molecule is CC(C)(C)C(=O)COc1ccc(C#N)cn1.CC(C)(C)C(=O)COc1ccc(CN)cn1.N#Cc1ccc(Br)nc1. The highest BCUT2D eigenvalue weighted by atomic mass is 79.9. The van der Waals surface area contributed by atoms with E-state index >= 15 is 0 Å². The number of halogens is 1. The maximum Gasteiger partial charge on any atom is 0.213 e. The first-order valence-corrected chi connectivity index (χ1v) is 13.3. The summed E-state index contributed by atoms with van der Waals surface area (Å²) in [7, 11) is 0. The molecular weight excluding hydrogens is 588 g/mol. The Labute approximate surface area is 249 Å². The lowest BCUT2D eigenvalue weighted by Gasteiger charge is -2.16. The Morgan fingerprint density at radius 1 is 0.756 bits per heavy atom. The highest BCUT2D eigenvalue weighted by molar-refractivity contribution is 9.10. The number of nitrogens with two attached hydrogens (primary N) is 1. The molecule has 216 valence electrons. The topological polar surface area (TPSA) is 165 Å². The molecular formula is C30H35BrN6O4. The van der Waals surface area contributed by atoms with Crippen LogP contribution in [-0.4, -0.2) is 39.7 Å². The van der Waals surface area contributed by atoms with Gasteiger partial charge < -0.3 is 15.2 Å². The Bertz CT molecular complexity index is 1330. The number of carbonyl (C=O) groups excluding carboxylic acids is 2. The van der Waals surface area contributed by atoms with Crippen LogP contribution in [0.4, 0.5) is 0 Å². The van der Waals surface area contributed by atoms with Crippen molar-refractivity contribution in [3.63, 3.8) is 0 Å². The monoisotopic (exact) mass is 622 g/mol. The highest BCUT2D eigenvalue weighted by Gasteiger charge is 2.22. The molecule has 0 atom stereocenters. The van der Waals surface area contributed by atoms with Gasteiger partial charge in [0.2, 0.25) is 11.8 Å². The zero-order valence-electron chi connectivity index (χ0n) is 24.1. The number of nitriles is 2. The molecule has 0 aliphatic rings. The molecule has 0 saturated heterocycles. The van der Waals surface area contributed by atoms with E-state index in [1.54, 1.807) is 36.5 Å². The average molecular weight is 624 g/mol. The molecule has 0 saturated carbocycles. The third-order valence-corrected chi connectivity index (χ3v) is 5.60. The third kappa shape index (κ3) is 14.1. The van der Waals surface area contributed by atoms with Crippen LogP contribution in [0.2, 0.25) is 0 Å². The number of nitrogens with zero attached hydrogens (tertiary/aromatic N) is 5. The van der Waals surface area contributed by atoms with Crippen molar-refractivity contribution in [2.24, 2.45) is 16.6 Å². The standard InChI is InChI=1S/C12H18N2O2.C12H14N2O2.C6H3BrN2/c2*1-12(2,3)10(15)8-16-11-5-4-9(6-13)7-14-11;7-6-2-1-5(3-8)4-9-6/h4-5,7H,6,8,13H2,1-3H3;4-5,7H,8H2,1-3H3;1-2,4H. The fourth-order valence-electron chi connectivity index (χ4n) is 2.30. The van der Waals surface area contributed by atoms with E-state index in [0.717, 1.165) is 10.2 Å². The quantitative estimate of drug-likeness (QED) is 0.346. The summed E-state index contributed by atoms with van der Waals surface area (Å²) in [6.45, 7) is 11.6. The van der Waals surface area contributed by atoms with Gasteiger partial charge in [0.05, 0.1) is 11.1 Å². The van der Waals surface area contributed by atoms with Crippen molar-refractivity contribution in [2.75, 3.05) is 13.2 Å². The fourth-order valence-corrected chi connectivity index (χ4v) is 2.54. The van der Waals surface area contributed by atoms with Gasteiger partial charge in [-0.05, 0) is 39.7 Å². The van der Waals surface area contributed by atoms with Gasteiger partial charge in [-0.3, -0.25) is 9.59 Å². The number of hydrogen-bond acceptors (Lipinski definition) is 10. The van der Waals surface area contributed by atoms with E-state index in [1.165, 1.54) is 12.4 Å². The molecule has 0 spiro atoms. The number of carbonyl (C=O) groups is 2. The largest absolute Gasteiger partial charge is 0.470 e. The van der Waals surface area contributed by atoms with Crippen LogP contribution in [0, 0.1) is 33.5 Å². The van der Waals surface area contributed by atoms with E-state index < -0.39 is 5.41 Å². The number of rotatable bonds is 7. The number of hydrogen-bond donors (Lipinski definition) is 1. The number of ether oxygens (including phenoxy) is 2. The van der Waals surface area contributed by atoms with E-state index in [2.05, 4.69) is 30.9 Å². The Morgan fingerprint density at radius 2 is 1.20 bits per heavy atom. The van der Waals surface area contributed by atoms with E-state index in [9.17, 15) is 9.59 Å². The summed E-state index contributed by atoms with van der Waals surface area (Å²) < 4.78 is 11.3. The van der Waals surface area contributed by atoms with Crippen LogP contribution in [-0.2, 0) is 16.1 Å². The molecule has 3 rings (SSSR count). The molecule has 3 heterocycles. The van der Waals surface area contributed by atoms with Crippen LogP contribution in [0.5, 0.6) is 11.8 Å². The minimum atomic E-state index is -0.410. The maximum atomic E-state index is 11.6. The van der Waals surface area contributed by atoms with Crippen LogP contribution in [0.25, 0.3) is 0 Å². The van der Waals surface area contributed by atoms with Gasteiger partial charge in [-0.25, -0.2) is 15.0 Å². The molecule has 0 fully saturated rings. The Balaban J connectivity index is 0.000000320. The lowest BCUT2D eigenvalue weighted by Crippen LogP contribution is -2.26. The Kier molecular flexibility index (Phi) is 14.3. The van der Waals surface area contributed by atoms with Crippen LogP contribution in [0.3, 0.4) is 0 Å². The zero-order valence-corrected chi connectivity index (χ0v) is 25.7. The molecule has 0 aliphatic heterocycles. The van der Waals surface area contributed by atoms with Gasteiger partial charge in [0, 0.05) is 48.1 Å². The summed E-state index contributed by atoms with van der Waals surface area (Å²) in [6, 6.07) is 14.1. The van der Waals surface area contributed by atoms with Gasteiger partial charge in [0.25, 0.3) is 0 Å². The van der Waals surface area contributed by atoms with E-state index in [1.807, 2.05) is 59.7 Å². The molecule has 2 N–H and O–H groups in total. The van der Waals surface area contributed by atoms with Crippen LogP contribution in [0.15, 0.2) is 59.6 Å². The van der Waals surface area contributed by atoms with Gasteiger partial charge in [-0.2, -0.15) is 10.5 Å². The Hall–Kier alpha value is -4.19. The van der Waals surface area contributed by atoms with Crippen molar-refractivity contribution in [3.8, 4) is 23.9 Å². The lowest BCUT2D eigenvalue weighted by molar-refractivity contribution is -0.129. The fraction of sp³-hybridized carbons (Fsp3) is 0.367. The van der Waals surface area contributed by atoms with Gasteiger partial charge in [-0.15, -0.1) is 0 Å². The summed E-state index contributed by atoms with van der Waals surface area (Å²) in [5.41, 5.74) is 6.64. The van der Waals surface area contributed by atoms with Crippen molar-refractivity contribution in [2.45, 2.75) is 48.1 Å². The molecule has 41 heavy (non-hydrogen) atoms. The molecule has 10 nitrogen and oxygen atoms in total. The first kappa shape index (κ1) is 34.8. The van der Waals surface area contributed by atoms with E-state index in [4.69, 9.17) is 25.7 Å². The Morgan fingerprint density at radius 3 is 1.51 bits per heavy atom. The van der Waals surface area contributed by atoms with Crippen molar-refractivity contribution in [1.29, 1.82) is 10.5 Å². The number of pyridine rings is 3. The zero-order chi connectivity index (χ0) is 31.1. The second-order valence-corrected chi connectivity index (χ2v) is 11.4. The molecule has 11 heteroatoms. The van der Waals surface area contributed by atoms with Gasteiger partial charge in [-0.1, -0.05) is 47.6 Å². The minimum absolute atomic E-state index is 0.00238. The van der Waals surface area contributed by atoms with Crippen molar-refractivity contribution in [1.82, 2.24) is 15.0 Å². The molecule has 0 aliphatic carbocycles. The second-order valence-electron chi connectivity index (χ2n) is 10.6. The maximum absolute atomic E-state index is 11.6. The van der Waals surface area contributed by atoms with Crippen molar-refractivity contribution >= 4 is 27.5 Å². The molecule has 0 bridgehead atoms. The van der Waals surface area contributed by atoms with Gasteiger partial charge in [0.15, 0.2) is 11.6 Å². The summed E-state index contributed by atoms with van der Waals surface area (Å²) >= 11 is 3.15. The summed E-state index contributed by atoms with van der Waals surface area (Å²) in [5, 5.41) is 16.9. The predicted octanol–water partition coefficient (Wildman–Crippen LogP) is 5.20.